The van der Waals surface area contributed by atoms with Crippen molar-refractivity contribution in [1.29, 1.82) is 0 Å². The van der Waals surface area contributed by atoms with Gasteiger partial charge in [0.25, 0.3) is 5.89 Å². The molecule has 0 aliphatic carbocycles. The van der Waals surface area contributed by atoms with Gasteiger partial charge in [0, 0.05) is 12.1 Å². The number of nitrogen functional groups attached to an aromatic ring is 1. The van der Waals surface area contributed by atoms with E-state index in [9.17, 15) is 17.6 Å². The first-order valence-electron chi connectivity index (χ1n) is 5.30. The van der Waals surface area contributed by atoms with Gasteiger partial charge in [-0.25, -0.2) is 4.39 Å². The quantitative estimate of drug-likeness (QED) is 0.691. The number of rotatable bonds is 3. The molecule has 0 radical (unpaired) electrons. The number of anilines is 1. The summed E-state index contributed by atoms with van der Waals surface area (Å²) in [5.41, 5.74) is 5.60. The third-order valence-corrected chi connectivity index (χ3v) is 2.32. The lowest BCUT2D eigenvalue weighted by atomic mass is 10.2. The maximum atomic E-state index is 13.5. The van der Waals surface area contributed by atoms with Crippen molar-refractivity contribution in [3.8, 4) is 11.5 Å². The van der Waals surface area contributed by atoms with Crippen LogP contribution in [0.2, 0.25) is 0 Å². The molecule has 2 N–H and O–H groups in total. The van der Waals surface area contributed by atoms with Gasteiger partial charge >= 0.3 is 6.18 Å². The number of halogens is 4. The normalized spacial score (nSPS) is 11.8. The summed E-state index contributed by atoms with van der Waals surface area (Å²) in [4.78, 5) is 3.72. The summed E-state index contributed by atoms with van der Waals surface area (Å²) in [6.07, 6.45) is -5.77. The average molecular weight is 275 g/mol. The lowest BCUT2D eigenvalue weighted by molar-refractivity contribution is -0.134. The molecule has 1 aromatic carbocycles. The SMILES string of the molecule is Nc1ccc(-c2nc(CCC(F)(F)F)no2)c(F)c1. The summed E-state index contributed by atoms with van der Waals surface area (Å²) in [6, 6.07) is 3.82. The van der Waals surface area contributed by atoms with Gasteiger partial charge in [0.1, 0.15) is 5.82 Å². The van der Waals surface area contributed by atoms with Crippen LogP contribution in [-0.4, -0.2) is 16.3 Å². The van der Waals surface area contributed by atoms with Gasteiger partial charge in [-0.2, -0.15) is 18.2 Å². The molecule has 0 amide bonds. The van der Waals surface area contributed by atoms with Gasteiger partial charge < -0.3 is 10.3 Å². The second kappa shape index (κ2) is 4.87. The zero-order chi connectivity index (χ0) is 14.0. The van der Waals surface area contributed by atoms with Crippen LogP contribution in [0.3, 0.4) is 0 Å². The highest BCUT2D eigenvalue weighted by Crippen LogP contribution is 2.25. The summed E-state index contributed by atoms with van der Waals surface area (Å²) in [6.45, 7) is 0. The molecule has 0 aliphatic heterocycles. The highest BCUT2D eigenvalue weighted by molar-refractivity contribution is 5.58. The standard InChI is InChI=1S/C11H9F4N3O/c12-8-5-6(16)1-2-7(8)10-17-9(18-19-10)3-4-11(13,14)15/h1-2,5H,3-4,16H2. The summed E-state index contributed by atoms with van der Waals surface area (Å²) in [7, 11) is 0. The van der Waals surface area contributed by atoms with E-state index in [1.165, 1.54) is 12.1 Å². The van der Waals surface area contributed by atoms with Crippen LogP contribution in [-0.2, 0) is 6.42 Å². The number of benzene rings is 1. The molecule has 0 fully saturated rings. The van der Waals surface area contributed by atoms with Gasteiger partial charge in [-0.1, -0.05) is 5.16 Å². The van der Waals surface area contributed by atoms with Crippen LogP contribution in [0.4, 0.5) is 23.2 Å². The summed E-state index contributed by atoms with van der Waals surface area (Å²) >= 11 is 0. The van der Waals surface area contributed by atoms with Crippen LogP contribution in [0.15, 0.2) is 22.7 Å². The molecule has 19 heavy (non-hydrogen) atoms. The van der Waals surface area contributed by atoms with E-state index in [4.69, 9.17) is 10.3 Å². The first kappa shape index (κ1) is 13.3. The predicted octanol–water partition coefficient (Wildman–Crippen LogP) is 2.95. The van der Waals surface area contributed by atoms with Crippen molar-refractivity contribution in [3.05, 3.63) is 29.8 Å². The molecule has 0 unspecified atom stereocenters. The van der Waals surface area contributed by atoms with E-state index in [1.54, 1.807) is 0 Å². The molecular weight excluding hydrogens is 266 g/mol. The number of aryl methyl sites for hydroxylation is 1. The van der Waals surface area contributed by atoms with Crippen molar-refractivity contribution >= 4 is 5.69 Å². The summed E-state index contributed by atoms with van der Waals surface area (Å²) < 4.78 is 54.3. The topological polar surface area (TPSA) is 64.9 Å². The van der Waals surface area contributed by atoms with Crippen molar-refractivity contribution in [1.82, 2.24) is 10.1 Å². The number of nitrogens with zero attached hydrogens (tertiary/aromatic N) is 2. The van der Waals surface area contributed by atoms with E-state index < -0.39 is 24.8 Å². The van der Waals surface area contributed by atoms with Crippen molar-refractivity contribution in [3.63, 3.8) is 0 Å². The van der Waals surface area contributed by atoms with Crippen LogP contribution in [0.1, 0.15) is 12.2 Å². The smallest absolute Gasteiger partial charge is 0.389 e. The largest absolute Gasteiger partial charge is 0.399 e. The molecule has 0 spiro atoms. The van der Waals surface area contributed by atoms with E-state index >= 15 is 0 Å². The van der Waals surface area contributed by atoms with E-state index in [0.717, 1.165) is 6.07 Å². The van der Waals surface area contributed by atoms with Gasteiger partial charge in [0.2, 0.25) is 0 Å². The predicted molar refractivity (Wildman–Crippen MR) is 58.5 cm³/mol. The third-order valence-electron chi connectivity index (χ3n) is 2.32. The first-order chi connectivity index (χ1) is 8.85. The fraction of sp³-hybridized carbons (Fsp3) is 0.273. The molecule has 8 heteroatoms. The molecule has 0 bridgehead atoms. The fourth-order valence-corrected chi connectivity index (χ4v) is 1.42. The highest BCUT2D eigenvalue weighted by Gasteiger charge is 2.27. The summed E-state index contributed by atoms with van der Waals surface area (Å²) in [5, 5.41) is 3.38. The molecule has 4 nitrogen and oxygen atoms in total. The maximum absolute atomic E-state index is 13.5. The number of aromatic nitrogens is 2. The van der Waals surface area contributed by atoms with E-state index in [-0.39, 0.29) is 23.0 Å². The fourth-order valence-electron chi connectivity index (χ4n) is 1.42. The third kappa shape index (κ3) is 3.43. The second-order valence-electron chi connectivity index (χ2n) is 3.87. The van der Waals surface area contributed by atoms with Crippen LogP contribution in [0.5, 0.6) is 0 Å². The lowest BCUT2D eigenvalue weighted by Crippen LogP contribution is -2.09. The Morgan fingerprint density at radius 1 is 1.26 bits per heavy atom. The Labute approximate surface area is 105 Å². The van der Waals surface area contributed by atoms with Crippen molar-refractivity contribution in [2.75, 3.05) is 5.73 Å². The first-order valence-corrected chi connectivity index (χ1v) is 5.30. The van der Waals surface area contributed by atoms with Gasteiger partial charge in [-0.3, -0.25) is 0 Å². The number of hydrogen-bond donors (Lipinski definition) is 1. The molecule has 1 aromatic heterocycles. The van der Waals surface area contributed by atoms with Crippen LogP contribution < -0.4 is 5.73 Å². The number of hydrogen-bond acceptors (Lipinski definition) is 4. The molecule has 2 aromatic rings. The Morgan fingerprint density at radius 3 is 2.63 bits per heavy atom. The van der Waals surface area contributed by atoms with E-state index in [1.807, 2.05) is 0 Å². The summed E-state index contributed by atoms with van der Waals surface area (Å²) in [5.74, 6) is -0.968. The monoisotopic (exact) mass is 275 g/mol. The van der Waals surface area contributed by atoms with Crippen LogP contribution in [0.25, 0.3) is 11.5 Å². The Morgan fingerprint density at radius 2 is 2.00 bits per heavy atom. The molecule has 102 valence electrons. The van der Waals surface area contributed by atoms with Gasteiger partial charge in [0.15, 0.2) is 5.82 Å². The minimum Gasteiger partial charge on any atom is -0.399 e. The van der Waals surface area contributed by atoms with Crippen molar-refractivity contribution < 1.29 is 22.1 Å². The minimum atomic E-state index is -4.30. The molecule has 0 atom stereocenters. The van der Waals surface area contributed by atoms with E-state index in [2.05, 4.69) is 10.1 Å². The lowest BCUT2D eigenvalue weighted by Gasteiger charge is -2.01. The molecular formula is C11H9F4N3O. The minimum absolute atomic E-state index is 0.0000383. The Balaban J connectivity index is 2.16. The zero-order valence-corrected chi connectivity index (χ0v) is 9.54. The van der Waals surface area contributed by atoms with Crippen LogP contribution >= 0.6 is 0 Å². The molecule has 1 heterocycles. The van der Waals surface area contributed by atoms with Crippen molar-refractivity contribution in [2.24, 2.45) is 0 Å². The molecule has 0 saturated carbocycles. The Hall–Kier alpha value is -2.12. The average Bonchev–Trinajstić information content (AvgIpc) is 2.74. The highest BCUT2D eigenvalue weighted by atomic mass is 19.4. The van der Waals surface area contributed by atoms with E-state index in [0.29, 0.717) is 0 Å². The zero-order valence-electron chi connectivity index (χ0n) is 9.54. The number of nitrogens with two attached hydrogens (primary N) is 1. The Bertz CT molecular complexity index is 580. The molecule has 0 saturated heterocycles. The van der Waals surface area contributed by atoms with Crippen molar-refractivity contribution in [2.45, 2.75) is 19.0 Å². The molecule has 0 aliphatic rings. The van der Waals surface area contributed by atoms with Gasteiger partial charge in [-0.15, -0.1) is 0 Å². The van der Waals surface area contributed by atoms with Gasteiger partial charge in [0.05, 0.1) is 12.0 Å². The van der Waals surface area contributed by atoms with Gasteiger partial charge in [-0.05, 0) is 18.2 Å². The van der Waals surface area contributed by atoms with Crippen LogP contribution in [0, 0.1) is 5.82 Å². The Kier molecular flexibility index (Phi) is 3.41. The molecule has 2 rings (SSSR count). The second-order valence-corrected chi connectivity index (χ2v) is 3.87. The maximum Gasteiger partial charge on any atom is 0.389 e. The number of alkyl halides is 3.